The molecule has 10 heteroatoms. The molecule has 1 heterocycles. The van der Waals surface area contributed by atoms with Crippen molar-refractivity contribution in [2.45, 2.75) is 38.1 Å². The molecule has 1 saturated carbocycles. The lowest BCUT2D eigenvalue weighted by atomic mass is 10.1. The number of nitrogens with one attached hydrogen (secondary N) is 2. The average Bonchev–Trinajstić information content (AvgIpc) is 3.44. The zero-order valence-electron chi connectivity index (χ0n) is 15.1. The molecule has 1 aliphatic carbocycles. The number of aromatic amines is 1. The molecule has 0 saturated heterocycles. The molecule has 0 spiro atoms. The first-order valence-electron chi connectivity index (χ1n) is 8.52. The molecule has 28 heavy (non-hydrogen) atoms. The summed E-state index contributed by atoms with van der Waals surface area (Å²) in [6.07, 6.45) is -3.00. The van der Waals surface area contributed by atoms with E-state index >= 15 is 0 Å². The topological polar surface area (TPSA) is 93.3 Å². The van der Waals surface area contributed by atoms with Crippen molar-refractivity contribution in [1.29, 1.82) is 0 Å². The normalized spacial score (nSPS) is 15.0. The fourth-order valence-electron chi connectivity index (χ4n) is 2.74. The van der Waals surface area contributed by atoms with Gasteiger partial charge in [-0.05, 0) is 31.9 Å². The Morgan fingerprint density at radius 1 is 1.32 bits per heavy atom. The van der Waals surface area contributed by atoms with Gasteiger partial charge in [-0.2, -0.15) is 0 Å². The maximum atomic E-state index is 12.5. The van der Waals surface area contributed by atoms with Crippen LogP contribution in [0.3, 0.4) is 0 Å². The van der Waals surface area contributed by atoms with E-state index in [1.54, 1.807) is 6.92 Å². The Kier molecular flexibility index (Phi) is 5.30. The number of methoxy groups -OCH3 is 1. The number of H-pyrrole nitrogens is 1. The molecular formula is C18H18F3N3O4. The predicted molar refractivity (Wildman–Crippen MR) is 92.4 cm³/mol. The number of rotatable bonds is 6. The molecule has 1 amide bonds. The number of amides is 1. The number of halogens is 3. The zero-order valence-corrected chi connectivity index (χ0v) is 15.1. The van der Waals surface area contributed by atoms with E-state index in [9.17, 15) is 22.8 Å². The van der Waals surface area contributed by atoms with Gasteiger partial charge < -0.3 is 19.8 Å². The van der Waals surface area contributed by atoms with Crippen LogP contribution in [0.15, 0.2) is 29.1 Å². The second-order valence-electron chi connectivity index (χ2n) is 6.44. The summed E-state index contributed by atoms with van der Waals surface area (Å²) in [6.45, 7) is 1.63. The number of hydrogen-bond donors (Lipinski definition) is 2. The highest BCUT2D eigenvalue weighted by Gasteiger charge is 2.31. The Morgan fingerprint density at radius 2 is 2.04 bits per heavy atom. The maximum Gasteiger partial charge on any atom is 0.573 e. The van der Waals surface area contributed by atoms with Crippen molar-refractivity contribution in [1.82, 2.24) is 15.3 Å². The molecule has 3 rings (SSSR count). The van der Waals surface area contributed by atoms with Crippen molar-refractivity contribution in [3.05, 3.63) is 51.7 Å². The van der Waals surface area contributed by atoms with Crippen molar-refractivity contribution in [2.75, 3.05) is 7.11 Å². The SMILES string of the molecule is COc1cc(OC(F)(F)F)ccc1C(C)NC(=O)c1cc(=O)[nH]c(C2CC2)n1. The first kappa shape index (κ1) is 19.7. The molecule has 2 N–H and O–H groups in total. The third kappa shape index (κ3) is 4.81. The molecule has 1 fully saturated rings. The second kappa shape index (κ2) is 7.53. The van der Waals surface area contributed by atoms with Gasteiger partial charge in [0.05, 0.1) is 13.2 Å². The van der Waals surface area contributed by atoms with Crippen molar-refractivity contribution >= 4 is 5.91 Å². The molecule has 1 atom stereocenters. The first-order valence-corrected chi connectivity index (χ1v) is 8.52. The van der Waals surface area contributed by atoms with E-state index < -0.39 is 29.6 Å². The van der Waals surface area contributed by atoms with E-state index in [0.29, 0.717) is 11.4 Å². The summed E-state index contributed by atoms with van der Waals surface area (Å²) in [5.41, 5.74) is 0.00654. The van der Waals surface area contributed by atoms with E-state index in [1.807, 2.05) is 0 Å². The molecule has 0 radical (unpaired) electrons. The van der Waals surface area contributed by atoms with Crippen LogP contribution in [-0.4, -0.2) is 29.3 Å². The first-order chi connectivity index (χ1) is 13.2. The number of carbonyl (C=O) groups excluding carboxylic acids is 1. The minimum atomic E-state index is -4.82. The van der Waals surface area contributed by atoms with E-state index in [4.69, 9.17) is 4.74 Å². The van der Waals surface area contributed by atoms with Crippen LogP contribution in [0.25, 0.3) is 0 Å². The smallest absolute Gasteiger partial charge is 0.496 e. The summed E-state index contributed by atoms with van der Waals surface area (Å²) < 4.78 is 46.1. The number of hydrogen-bond acceptors (Lipinski definition) is 5. The van der Waals surface area contributed by atoms with Crippen molar-refractivity contribution in [2.24, 2.45) is 0 Å². The number of ether oxygens (including phenoxy) is 2. The summed E-state index contributed by atoms with van der Waals surface area (Å²) in [5.74, 6) is -0.238. The predicted octanol–water partition coefficient (Wildman–Crippen LogP) is 3.05. The van der Waals surface area contributed by atoms with Crippen LogP contribution in [0.5, 0.6) is 11.5 Å². The van der Waals surface area contributed by atoms with Gasteiger partial charge in [-0.15, -0.1) is 13.2 Å². The van der Waals surface area contributed by atoms with Crippen molar-refractivity contribution in [3.63, 3.8) is 0 Å². The zero-order chi connectivity index (χ0) is 20.5. The van der Waals surface area contributed by atoms with Gasteiger partial charge in [0.1, 0.15) is 23.0 Å². The van der Waals surface area contributed by atoms with Gasteiger partial charge in [-0.3, -0.25) is 9.59 Å². The Bertz CT molecular complexity index is 938. The van der Waals surface area contributed by atoms with Crippen LogP contribution in [0, 0.1) is 0 Å². The van der Waals surface area contributed by atoms with Gasteiger partial charge >= 0.3 is 6.36 Å². The van der Waals surface area contributed by atoms with Crippen LogP contribution >= 0.6 is 0 Å². The van der Waals surface area contributed by atoms with E-state index in [1.165, 1.54) is 13.2 Å². The third-order valence-electron chi connectivity index (χ3n) is 4.21. The molecule has 0 bridgehead atoms. The van der Waals surface area contributed by atoms with Crippen LogP contribution in [-0.2, 0) is 0 Å². The Morgan fingerprint density at radius 3 is 2.64 bits per heavy atom. The van der Waals surface area contributed by atoms with Crippen LogP contribution in [0.1, 0.15) is 53.6 Å². The number of alkyl halides is 3. The van der Waals surface area contributed by atoms with Crippen LogP contribution in [0.4, 0.5) is 13.2 Å². The van der Waals surface area contributed by atoms with E-state index in [-0.39, 0.29) is 17.4 Å². The molecule has 1 unspecified atom stereocenters. The standard InChI is InChI=1S/C18H18F3N3O4/c1-9(12-6-5-11(7-14(12)27-2)28-18(19,20)21)22-17(26)13-8-15(25)24-16(23-13)10-3-4-10/h5-10H,3-4H2,1-2H3,(H,22,26)(H,23,24,25). The monoisotopic (exact) mass is 397 g/mol. The Hall–Kier alpha value is -3.04. The highest BCUT2D eigenvalue weighted by Crippen LogP contribution is 2.37. The molecule has 1 aromatic heterocycles. The summed E-state index contributed by atoms with van der Waals surface area (Å²) in [4.78, 5) is 31.1. The fourth-order valence-corrected chi connectivity index (χ4v) is 2.74. The highest BCUT2D eigenvalue weighted by molar-refractivity contribution is 5.92. The Balaban J connectivity index is 1.77. The lowest BCUT2D eigenvalue weighted by Gasteiger charge is -2.18. The average molecular weight is 397 g/mol. The second-order valence-corrected chi connectivity index (χ2v) is 6.44. The molecular weight excluding hydrogens is 379 g/mol. The van der Waals surface area contributed by atoms with Gasteiger partial charge in [0.15, 0.2) is 0 Å². The summed E-state index contributed by atoms with van der Waals surface area (Å²) in [5, 5.41) is 2.67. The number of carbonyl (C=O) groups is 1. The number of benzene rings is 1. The molecule has 150 valence electrons. The molecule has 0 aliphatic heterocycles. The molecule has 7 nitrogen and oxygen atoms in total. The molecule has 1 aliphatic rings. The third-order valence-corrected chi connectivity index (χ3v) is 4.21. The van der Waals surface area contributed by atoms with Crippen LogP contribution in [0.2, 0.25) is 0 Å². The highest BCUT2D eigenvalue weighted by atomic mass is 19.4. The fraction of sp³-hybridized carbons (Fsp3) is 0.389. The molecule has 2 aromatic rings. The van der Waals surface area contributed by atoms with Gasteiger partial charge in [-0.1, -0.05) is 0 Å². The number of nitrogens with zero attached hydrogens (tertiary/aromatic N) is 1. The van der Waals surface area contributed by atoms with Gasteiger partial charge in [-0.25, -0.2) is 4.98 Å². The minimum Gasteiger partial charge on any atom is -0.496 e. The van der Waals surface area contributed by atoms with E-state index in [0.717, 1.165) is 31.0 Å². The van der Waals surface area contributed by atoms with E-state index in [2.05, 4.69) is 20.0 Å². The lowest BCUT2D eigenvalue weighted by Crippen LogP contribution is -2.29. The van der Waals surface area contributed by atoms with Crippen molar-refractivity contribution in [3.8, 4) is 11.5 Å². The van der Waals surface area contributed by atoms with Crippen molar-refractivity contribution < 1.29 is 27.4 Å². The molecule has 1 aromatic carbocycles. The van der Waals surface area contributed by atoms with Gasteiger partial charge in [0.25, 0.3) is 11.5 Å². The van der Waals surface area contributed by atoms with Crippen LogP contribution < -0.4 is 20.3 Å². The number of aromatic nitrogens is 2. The minimum absolute atomic E-state index is 0.0199. The summed E-state index contributed by atoms with van der Waals surface area (Å²) in [7, 11) is 1.30. The van der Waals surface area contributed by atoms with Gasteiger partial charge in [0, 0.05) is 23.6 Å². The van der Waals surface area contributed by atoms with Gasteiger partial charge in [0.2, 0.25) is 0 Å². The quantitative estimate of drug-likeness (QED) is 0.782. The lowest BCUT2D eigenvalue weighted by molar-refractivity contribution is -0.274. The summed E-state index contributed by atoms with van der Waals surface area (Å²) in [6, 6.07) is 4.07. The Labute approximate surface area is 157 Å². The maximum absolute atomic E-state index is 12.5. The largest absolute Gasteiger partial charge is 0.573 e. The summed E-state index contributed by atoms with van der Waals surface area (Å²) >= 11 is 0.